The van der Waals surface area contributed by atoms with Gasteiger partial charge in [0.1, 0.15) is 0 Å². The summed E-state index contributed by atoms with van der Waals surface area (Å²) in [6, 6.07) is 0. The zero-order valence-corrected chi connectivity index (χ0v) is 16.7. The molecule has 9 heteroatoms. The van der Waals surface area contributed by atoms with E-state index < -0.39 is 41.9 Å². The van der Waals surface area contributed by atoms with Crippen LogP contribution in [0.25, 0.3) is 0 Å². The fourth-order valence-electron chi connectivity index (χ4n) is 4.27. The minimum absolute atomic E-state index is 0.0258. The summed E-state index contributed by atoms with van der Waals surface area (Å²) in [5.41, 5.74) is 0. The summed E-state index contributed by atoms with van der Waals surface area (Å²) in [6.07, 6.45) is 6.01. The van der Waals surface area contributed by atoms with Gasteiger partial charge in [0, 0.05) is 11.8 Å². The Bertz CT molecular complexity index is 578. The maximum atomic E-state index is 11.1. The van der Waals surface area contributed by atoms with E-state index in [1.54, 1.807) is 12.2 Å². The van der Waals surface area contributed by atoms with Crippen molar-refractivity contribution in [2.24, 2.45) is 35.5 Å². The molecule has 8 unspecified atom stereocenters. The van der Waals surface area contributed by atoms with E-state index in [2.05, 4.69) is 36.1 Å². The van der Waals surface area contributed by atoms with Gasteiger partial charge in [-0.1, -0.05) is 24.3 Å². The Morgan fingerprint density at radius 3 is 1.70 bits per heavy atom. The third-order valence-corrected chi connectivity index (χ3v) is 5.74. The van der Waals surface area contributed by atoms with Crippen molar-refractivity contribution in [1.29, 1.82) is 0 Å². The second-order valence-corrected chi connectivity index (χ2v) is 7.22. The number of carbonyl (C=O) groups is 2. The predicted molar refractivity (Wildman–Crippen MR) is 107 cm³/mol. The lowest BCUT2D eigenvalue weighted by molar-refractivity contribution is -0.254. The molecule has 2 aliphatic rings. The van der Waals surface area contributed by atoms with E-state index in [0.29, 0.717) is 6.42 Å². The van der Waals surface area contributed by atoms with E-state index >= 15 is 0 Å². The van der Waals surface area contributed by atoms with Crippen LogP contribution in [0.4, 0.5) is 0 Å². The quantitative estimate of drug-likeness (QED) is 0.235. The van der Waals surface area contributed by atoms with Gasteiger partial charge in [0.25, 0.3) is 0 Å². The van der Waals surface area contributed by atoms with Gasteiger partial charge in [-0.2, -0.15) is 0 Å². The molecule has 2 rings (SSSR count). The first-order chi connectivity index (χ1) is 14.3. The zero-order valence-electron chi connectivity index (χ0n) is 16.7. The van der Waals surface area contributed by atoms with Crippen LogP contribution in [0.5, 0.6) is 0 Å². The average molecular weight is 426 g/mol. The number of hydrogen-bond acceptors (Lipinski definition) is 7. The monoisotopic (exact) mass is 426 g/mol. The van der Waals surface area contributed by atoms with Crippen LogP contribution in [0.15, 0.2) is 50.6 Å². The maximum absolute atomic E-state index is 11.1. The minimum atomic E-state index is -0.994. The van der Waals surface area contributed by atoms with Crippen LogP contribution in [-0.2, 0) is 24.1 Å². The second-order valence-electron chi connectivity index (χ2n) is 7.22. The van der Waals surface area contributed by atoms with Crippen LogP contribution in [0, 0.1) is 35.5 Å². The van der Waals surface area contributed by atoms with Crippen LogP contribution in [0.2, 0.25) is 0 Å². The average Bonchev–Trinajstić information content (AvgIpc) is 3.26. The molecule has 1 saturated heterocycles. The molecule has 0 aromatic heterocycles. The van der Waals surface area contributed by atoms with Crippen molar-refractivity contribution in [3.8, 4) is 0 Å². The first-order valence-electron chi connectivity index (χ1n) is 9.45. The van der Waals surface area contributed by atoms with E-state index in [-0.39, 0.29) is 31.0 Å². The summed E-state index contributed by atoms with van der Waals surface area (Å²) in [6.45, 7) is 14.3. The molecule has 1 heterocycles. The lowest BCUT2D eigenvalue weighted by Gasteiger charge is -2.19. The summed E-state index contributed by atoms with van der Waals surface area (Å²) < 4.78 is 5.39. The van der Waals surface area contributed by atoms with Gasteiger partial charge in [-0.15, -0.1) is 26.3 Å². The standard InChI is InChI=1S/C11H16O4.C10H14O5/c1-3-7-5-8(4-2)10(11(12)13)9(7)6-15-14;1-3-7-6(5-14-13)9(10(11)12)8(4-2)15-7/h3-4,7-10,14H,1-2,5-6H2,(H,12,13);3-4,6-9,13H,1-2,5H2,(H,11,12). The number of carboxylic acids is 2. The van der Waals surface area contributed by atoms with Crippen LogP contribution < -0.4 is 0 Å². The summed E-state index contributed by atoms with van der Waals surface area (Å²) in [4.78, 5) is 30.2. The van der Waals surface area contributed by atoms with E-state index in [1.165, 1.54) is 12.2 Å². The van der Waals surface area contributed by atoms with Crippen LogP contribution in [0.3, 0.4) is 0 Å². The van der Waals surface area contributed by atoms with Gasteiger partial charge in [0.2, 0.25) is 0 Å². The van der Waals surface area contributed by atoms with Crippen LogP contribution in [0.1, 0.15) is 6.42 Å². The molecule has 168 valence electrons. The third-order valence-electron chi connectivity index (χ3n) is 5.74. The van der Waals surface area contributed by atoms with Gasteiger partial charge < -0.3 is 14.9 Å². The van der Waals surface area contributed by atoms with Crippen molar-refractivity contribution >= 4 is 11.9 Å². The second kappa shape index (κ2) is 12.4. The Kier molecular flexibility index (Phi) is 10.6. The lowest BCUT2D eigenvalue weighted by Crippen LogP contribution is -2.31. The first kappa shape index (κ1) is 25.7. The maximum Gasteiger partial charge on any atom is 0.309 e. The summed E-state index contributed by atoms with van der Waals surface area (Å²) in [7, 11) is 0. The van der Waals surface area contributed by atoms with Gasteiger partial charge in [-0.25, -0.2) is 9.78 Å². The summed E-state index contributed by atoms with van der Waals surface area (Å²) >= 11 is 0. The smallest absolute Gasteiger partial charge is 0.309 e. The molecule has 0 spiro atoms. The molecule has 1 aliphatic carbocycles. The predicted octanol–water partition coefficient (Wildman–Crippen LogP) is 2.73. The van der Waals surface area contributed by atoms with Gasteiger partial charge in [0.05, 0.1) is 37.3 Å². The largest absolute Gasteiger partial charge is 0.481 e. The highest BCUT2D eigenvalue weighted by molar-refractivity contribution is 5.72. The Labute approximate surface area is 175 Å². The fourth-order valence-corrected chi connectivity index (χ4v) is 4.27. The molecule has 8 atom stereocenters. The third kappa shape index (κ3) is 5.87. The number of ether oxygens (including phenoxy) is 1. The highest BCUT2D eigenvalue weighted by Gasteiger charge is 2.46. The first-order valence-corrected chi connectivity index (χ1v) is 9.45. The van der Waals surface area contributed by atoms with E-state index in [0.717, 1.165) is 0 Å². The number of hydrogen-bond donors (Lipinski definition) is 4. The summed E-state index contributed by atoms with van der Waals surface area (Å²) in [5.74, 6) is -3.87. The molecule has 0 amide bonds. The SMILES string of the molecule is C=CC1CC(C=C)C(C(=O)O)C1COO.C=CC1OC(C=C)C(C(=O)O)C1COO. The van der Waals surface area contributed by atoms with Crippen molar-refractivity contribution in [2.45, 2.75) is 18.6 Å². The topological polar surface area (TPSA) is 143 Å². The normalized spacial score (nSPS) is 35.0. The molecule has 2 fully saturated rings. The molecule has 30 heavy (non-hydrogen) atoms. The van der Waals surface area contributed by atoms with Crippen LogP contribution in [-0.4, -0.2) is 58.1 Å². The summed E-state index contributed by atoms with van der Waals surface area (Å²) in [5, 5.41) is 35.0. The Morgan fingerprint density at radius 2 is 1.30 bits per heavy atom. The zero-order chi connectivity index (χ0) is 22.8. The highest BCUT2D eigenvalue weighted by Crippen LogP contribution is 2.43. The molecule has 0 radical (unpaired) electrons. The molecular formula is C21H30O9. The highest BCUT2D eigenvalue weighted by atomic mass is 17.1. The molecule has 0 aromatic rings. The van der Waals surface area contributed by atoms with E-state index in [1.807, 2.05) is 0 Å². The van der Waals surface area contributed by atoms with Crippen molar-refractivity contribution in [2.75, 3.05) is 13.2 Å². The molecule has 1 saturated carbocycles. The van der Waals surface area contributed by atoms with E-state index in [4.69, 9.17) is 25.5 Å². The molecular weight excluding hydrogens is 396 g/mol. The number of rotatable bonds is 10. The van der Waals surface area contributed by atoms with Crippen molar-refractivity contribution in [1.82, 2.24) is 0 Å². The minimum Gasteiger partial charge on any atom is -0.481 e. The molecule has 0 aromatic carbocycles. The van der Waals surface area contributed by atoms with E-state index in [9.17, 15) is 9.59 Å². The van der Waals surface area contributed by atoms with Gasteiger partial charge in [0.15, 0.2) is 0 Å². The van der Waals surface area contributed by atoms with Crippen molar-refractivity contribution < 1.29 is 44.8 Å². The number of allylic oxidation sites excluding steroid dienone is 2. The lowest BCUT2D eigenvalue weighted by atomic mass is 9.87. The van der Waals surface area contributed by atoms with Gasteiger partial charge >= 0.3 is 11.9 Å². The number of aliphatic carboxylic acids is 2. The number of carboxylic acid groups (broad SMARTS) is 2. The van der Waals surface area contributed by atoms with Gasteiger partial charge in [-0.05, 0) is 18.3 Å². The van der Waals surface area contributed by atoms with Crippen LogP contribution >= 0.6 is 0 Å². The van der Waals surface area contributed by atoms with Crippen molar-refractivity contribution in [3.05, 3.63) is 50.6 Å². The molecule has 9 nitrogen and oxygen atoms in total. The van der Waals surface area contributed by atoms with Crippen molar-refractivity contribution in [3.63, 3.8) is 0 Å². The molecule has 0 bridgehead atoms. The fraction of sp³-hybridized carbons (Fsp3) is 0.524. The molecule has 1 aliphatic heterocycles. The Hall–Kier alpha value is -2.30. The van der Waals surface area contributed by atoms with Gasteiger partial charge in [-0.3, -0.25) is 20.1 Å². The molecule has 4 N–H and O–H groups in total. The Balaban J connectivity index is 0.000000300. The Morgan fingerprint density at radius 1 is 0.800 bits per heavy atom.